The first-order chi connectivity index (χ1) is 11.7. The number of nitrogens with one attached hydrogen (secondary N) is 1. The van der Waals surface area contributed by atoms with Crippen LogP contribution in [0.1, 0.15) is 31.2 Å². The Kier molecular flexibility index (Phi) is 5.36. The molecule has 2 aromatic rings. The number of ether oxygens (including phenoxy) is 1. The Hall–Kier alpha value is -2.07. The molecular formula is C20H26N2O2. The quantitative estimate of drug-likeness (QED) is 0.886. The molecule has 1 saturated heterocycles. The highest BCUT2D eigenvalue weighted by molar-refractivity contribution is 5.88. The summed E-state index contributed by atoms with van der Waals surface area (Å²) in [7, 11) is 1.67. The average Bonchev–Trinajstić information content (AvgIpc) is 3.13. The van der Waals surface area contributed by atoms with Crippen molar-refractivity contribution in [1.82, 2.24) is 10.2 Å². The van der Waals surface area contributed by atoms with E-state index in [0.717, 1.165) is 35.2 Å². The molecule has 4 heteroatoms. The molecule has 0 bridgehead atoms. The Morgan fingerprint density at radius 2 is 1.88 bits per heavy atom. The summed E-state index contributed by atoms with van der Waals surface area (Å²) in [6, 6.07) is 12.2. The maximum Gasteiger partial charge on any atom is 0.227 e. The molecule has 0 radical (unpaired) electrons. The molecule has 0 spiro atoms. The lowest BCUT2D eigenvalue weighted by molar-refractivity contribution is -0.122. The predicted molar refractivity (Wildman–Crippen MR) is 97.6 cm³/mol. The van der Waals surface area contributed by atoms with Gasteiger partial charge < -0.3 is 15.0 Å². The topological polar surface area (TPSA) is 41.6 Å². The fourth-order valence-electron chi connectivity index (χ4n) is 3.29. The molecule has 1 atom stereocenters. The number of amides is 1. The largest absolute Gasteiger partial charge is 0.497 e. The van der Waals surface area contributed by atoms with Gasteiger partial charge in [0.25, 0.3) is 0 Å². The first-order valence-corrected chi connectivity index (χ1v) is 8.75. The van der Waals surface area contributed by atoms with Crippen LogP contribution in [0.3, 0.4) is 0 Å². The van der Waals surface area contributed by atoms with Gasteiger partial charge >= 0.3 is 0 Å². The Morgan fingerprint density at radius 1 is 1.17 bits per heavy atom. The molecule has 4 nitrogen and oxygen atoms in total. The summed E-state index contributed by atoms with van der Waals surface area (Å²) in [6.07, 6.45) is 2.57. The molecule has 1 aliphatic heterocycles. The molecule has 0 aromatic heterocycles. The van der Waals surface area contributed by atoms with Gasteiger partial charge in [0.2, 0.25) is 5.91 Å². The van der Waals surface area contributed by atoms with Crippen molar-refractivity contribution in [2.24, 2.45) is 0 Å². The van der Waals surface area contributed by atoms with Gasteiger partial charge in [-0.3, -0.25) is 4.79 Å². The molecule has 24 heavy (non-hydrogen) atoms. The van der Waals surface area contributed by atoms with E-state index in [9.17, 15) is 4.79 Å². The Morgan fingerprint density at radius 3 is 2.62 bits per heavy atom. The third-order valence-electron chi connectivity index (χ3n) is 4.89. The highest BCUT2D eigenvalue weighted by atomic mass is 16.5. The van der Waals surface area contributed by atoms with Crippen LogP contribution in [0, 0.1) is 0 Å². The lowest BCUT2D eigenvalue weighted by atomic mass is 9.97. The van der Waals surface area contributed by atoms with Crippen molar-refractivity contribution in [3.63, 3.8) is 0 Å². The van der Waals surface area contributed by atoms with Crippen molar-refractivity contribution in [2.75, 3.05) is 33.3 Å². The molecule has 0 saturated carbocycles. The number of carbonyl (C=O) groups is 1. The zero-order valence-corrected chi connectivity index (χ0v) is 14.5. The predicted octanol–water partition coefficient (Wildman–Crippen LogP) is 3.16. The molecular weight excluding hydrogens is 300 g/mol. The van der Waals surface area contributed by atoms with Gasteiger partial charge in [0.1, 0.15) is 5.75 Å². The van der Waals surface area contributed by atoms with Crippen LogP contribution >= 0.6 is 0 Å². The molecule has 1 heterocycles. The first-order valence-electron chi connectivity index (χ1n) is 8.75. The van der Waals surface area contributed by atoms with E-state index in [2.05, 4.69) is 22.3 Å². The summed E-state index contributed by atoms with van der Waals surface area (Å²) in [5.41, 5.74) is 1.05. The van der Waals surface area contributed by atoms with Crippen molar-refractivity contribution in [3.8, 4) is 5.75 Å². The maximum absolute atomic E-state index is 12.4. The summed E-state index contributed by atoms with van der Waals surface area (Å²) in [4.78, 5) is 14.8. The number of methoxy groups -OCH3 is 1. The average molecular weight is 326 g/mol. The van der Waals surface area contributed by atoms with E-state index >= 15 is 0 Å². The Labute approximate surface area is 143 Å². The van der Waals surface area contributed by atoms with Crippen LogP contribution in [0.4, 0.5) is 0 Å². The molecule has 0 aliphatic carbocycles. The van der Waals surface area contributed by atoms with Gasteiger partial charge in [-0.2, -0.15) is 0 Å². The molecule has 1 amide bonds. The molecule has 1 aliphatic rings. The van der Waals surface area contributed by atoms with Crippen molar-refractivity contribution < 1.29 is 9.53 Å². The lowest BCUT2D eigenvalue weighted by Crippen LogP contribution is -2.35. The maximum atomic E-state index is 12.4. The number of hydrogen-bond donors (Lipinski definition) is 1. The van der Waals surface area contributed by atoms with E-state index in [1.165, 1.54) is 25.9 Å². The second-order valence-electron chi connectivity index (χ2n) is 6.53. The van der Waals surface area contributed by atoms with Gasteiger partial charge in [-0.05, 0) is 61.3 Å². The monoisotopic (exact) mass is 326 g/mol. The highest BCUT2D eigenvalue weighted by Crippen LogP contribution is 2.25. The minimum atomic E-state index is -0.143. The van der Waals surface area contributed by atoms with Gasteiger partial charge in [0.15, 0.2) is 0 Å². The van der Waals surface area contributed by atoms with Crippen LogP contribution in [0.2, 0.25) is 0 Å². The second-order valence-corrected chi connectivity index (χ2v) is 6.53. The van der Waals surface area contributed by atoms with Crippen LogP contribution in [0.15, 0.2) is 36.4 Å². The minimum Gasteiger partial charge on any atom is -0.497 e. The molecule has 1 fully saturated rings. The SMILES string of the molecule is COc1ccc2cc([C@H](C)C(=O)NCCN3CCCC3)ccc2c1. The minimum absolute atomic E-state index is 0.0991. The molecule has 0 unspecified atom stereocenters. The van der Waals surface area contributed by atoms with Crippen molar-refractivity contribution in [1.29, 1.82) is 0 Å². The summed E-state index contributed by atoms with van der Waals surface area (Å²) in [5, 5.41) is 5.33. The molecule has 128 valence electrons. The van der Waals surface area contributed by atoms with Crippen LogP contribution in [-0.2, 0) is 4.79 Å². The van der Waals surface area contributed by atoms with E-state index in [1.807, 2.05) is 31.2 Å². The molecule has 2 aromatic carbocycles. The summed E-state index contributed by atoms with van der Waals surface area (Å²) in [6.45, 7) is 5.99. The third kappa shape index (κ3) is 3.88. The smallest absolute Gasteiger partial charge is 0.227 e. The van der Waals surface area contributed by atoms with Gasteiger partial charge in [-0.1, -0.05) is 24.3 Å². The lowest BCUT2D eigenvalue weighted by Gasteiger charge is -2.17. The number of carbonyl (C=O) groups excluding carboxylic acids is 1. The zero-order chi connectivity index (χ0) is 16.9. The first kappa shape index (κ1) is 16.8. The normalized spacial score (nSPS) is 16.2. The highest BCUT2D eigenvalue weighted by Gasteiger charge is 2.16. The third-order valence-corrected chi connectivity index (χ3v) is 4.89. The van der Waals surface area contributed by atoms with E-state index in [-0.39, 0.29) is 11.8 Å². The standard InChI is InChI=1S/C20H26N2O2/c1-15(20(23)21-9-12-22-10-3-4-11-22)16-5-6-18-14-19(24-2)8-7-17(18)13-16/h5-8,13-15H,3-4,9-12H2,1-2H3,(H,21,23)/t15-/m0/s1. The fourth-order valence-corrected chi connectivity index (χ4v) is 3.29. The van der Waals surface area contributed by atoms with Crippen molar-refractivity contribution in [3.05, 3.63) is 42.0 Å². The van der Waals surface area contributed by atoms with Gasteiger partial charge in [-0.15, -0.1) is 0 Å². The van der Waals surface area contributed by atoms with E-state index < -0.39 is 0 Å². The van der Waals surface area contributed by atoms with Crippen LogP contribution in [0.25, 0.3) is 10.8 Å². The van der Waals surface area contributed by atoms with Crippen molar-refractivity contribution >= 4 is 16.7 Å². The number of rotatable bonds is 6. The summed E-state index contributed by atoms with van der Waals surface area (Å²) in [5.74, 6) is 0.806. The number of fused-ring (bicyclic) bond motifs is 1. The van der Waals surface area contributed by atoms with Gasteiger partial charge in [0, 0.05) is 13.1 Å². The van der Waals surface area contributed by atoms with E-state index in [0.29, 0.717) is 0 Å². The summed E-state index contributed by atoms with van der Waals surface area (Å²) >= 11 is 0. The Bertz CT molecular complexity index is 708. The van der Waals surface area contributed by atoms with Crippen LogP contribution in [0.5, 0.6) is 5.75 Å². The number of likely N-dealkylation sites (tertiary alicyclic amines) is 1. The van der Waals surface area contributed by atoms with E-state index in [1.54, 1.807) is 7.11 Å². The second kappa shape index (κ2) is 7.67. The molecule has 3 rings (SSSR count). The van der Waals surface area contributed by atoms with Crippen LogP contribution < -0.4 is 10.1 Å². The number of hydrogen-bond acceptors (Lipinski definition) is 3. The van der Waals surface area contributed by atoms with Gasteiger partial charge in [-0.25, -0.2) is 0 Å². The summed E-state index contributed by atoms with van der Waals surface area (Å²) < 4.78 is 5.26. The molecule has 1 N–H and O–H groups in total. The Balaban J connectivity index is 1.61. The number of benzene rings is 2. The zero-order valence-electron chi connectivity index (χ0n) is 14.5. The fraction of sp³-hybridized carbons (Fsp3) is 0.450. The van der Waals surface area contributed by atoms with Crippen molar-refractivity contribution in [2.45, 2.75) is 25.7 Å². The number of nitrogens with zero attached hydrogens (tertiary/aromatic N) is 1. The van der Waals surface area contributed by atoms with Crippen LogP contribution in [-0.4, -0.2) is 44.1 Å². The van der Waals surface area contributed by atoms with Gasteiger partial charge in [0.05, 0.1) is 13.0 Å². The van der Waals surface area contributed by atoms with E-state index in [4.69, 9.17) is 4.74 Å².